The van der Waals surface area contributed by atoms with Crippen molar-refractivity contribution in [2.24, 2.45) is 11.3 Å². The lowest BCUT2D eigenvalue weighted by atomic mass is 9.68. The Labute approximate surface area is 115 Å². The van der Waals surface area contributed by atoms with Gasteiger partial charge < -0.3 is 5.11 Å². The number of nitrogens with zero attached hydrogens (tertiary/aromatic N) is 1. The van der Waals surface area contributed by atoms with Crippen molar-refractivity contribution in [1.29, 1.82) is 5.26 Å². The molecule has 1 aromatic carbocycles. The van der Waals surface area contributed by atoms with Crippen LogP contribution in [0.2, 0.25) is 0 Å². The quantitative estimate of drug-likeness (QED) is 0.878. The largest absolute Gasteiger partial charge is 0.383 e. The molecule has 1 fully saturated rings. The minimum Gasteiger partial charge on any atom is -0.383 e. The van der Waals surface area contributed by atoms with Crippen LogP contribution < -0.4 is 0 Å². The Balaban J connectivity index is 2.04. The Morgan fingerprint density at radius 2 is 2.16 bits per heavy atom. The van der Waals surface area contributed by atoms with Gasteiger partial charge in [-0.2, -0.15) is 5.26 Å². The molecule has 2 nitrogen and oxygen atoms in total. The number of hydrogen-bond donors (Lipinski definition) is 1. The zero-order valence-corrected chi connectivity index (χ0v) is 11.5. The summed E-state index contributed by atoms with van der Waals surface area (Å²) in [6, 6.07) is 10.6. The van der Waals surface area contributed by atoms with E-state index in [1.54, 1.807) is 0 Å². The van der Waals surface area contributed by atoms with Crippen LogP contribution >= 0.6 is 0 Å². The monoisotopic (exact) mass is 255 g/mol. The number of aliphatic hydroxyl groups is 1. The molecule has 1 N–H and O–H groups in total. The molecular formula is C17H21NO. The molecule has 1 saturated carbocycles. The van der Waals surface area contributed by atoms with Crippen molar-refractivity contribution < 1.29 is 5.11 Å². The van der Waals surface area contributed by atoms with Crippen LogP contribution in [0.15, 0.2) is 24.3 Å². The van der Waals surface area contributed by atoms with E-state index in [9.17, 15) is 10.4 Å². The average molecular weight is 255 g/mol. The SMILES string of the molecule is CCC1CCC(C#N)(C2(O)CCc3ccccc32)C1. The number of nitriles is 1. The van der Waals surface area contributed by atoms with Crippen LogP contribution in [-0.4, -0.2) is 5.11 Å². The highest BCUT2D eigenvalue weighted by atomic mass is 16.3. The van der Waals surface area contributed by atoms with Crippen molar-refractivity contribution >= 4 is 0 Å². The fourth-order valence-electron chi connectivity index (χ4n) is 4.15. The Bertz CT molecular complexity index is 532. The first-order chi connectivity index (χ1) is 9.15. The smallest absolute Gasteiger partial charge is 0.109 e. The van der Waals surface area contributed by atoms with Crippen LogP contribution in [-0.2, 0) is 12.0 Å². The second kappa shape index (κ2) is 4.35. The molecule has 3 unspecified atom stereocenters. The summed E-state index contributed by atoms with van der Waals surface area (Å²) in [6.45, 7) is 2.19. The van der Waals surface area contributed by atoms with E-state index in [2.05, 4.69) is 19.1 Å². The molecule has 19 heavy (non-hydrogen) atoms. The fourth-order valence-corrected chi connectivity index (χ4v) is 4.15. The lowest BCUT2D eigenvalue weighted by Crippen LogP contribution is -2.42. The molecular weight excluding hydrogens is 234 g/mol. The van der Waals surface area contributed by atoms with E-state index < -0.39 is 11.0 Å². The number of hydrogen-bond acceptors (Lipinski definition) is 2. The molecule has 1 aromatic rings. The fraction of sp³-hybridized carbons (Fsp3) is 0.588. The molecule has 0 aliphatic heterocycles. The second-order valence-electron chi connectivity index (χ2n) is 6.23. The lowest BCUT2D eigenvalue weighted by Gasteiger charge is -2.38. The maximum atomic E-state index is 11.3. The van der Waals surface area contributed by atoms with Gasteiger partial charge in [0.15, 0.2) is 0 Å². The zero-order chi connectivity index (χ0) is 13.5. The first-order valence-electron chi connectivity index (χ1n) is 7.37. The van der Waals surface area contributed by atoms with E-state index in [1.807, 2.05) is 18.2 Å². The van der Waals surface area contributed by atoms with Crippen molar-refractivity contribution in [3.8, 4) is 6.07 Å². The van der Waals surface area contributed by atoms with Crippen LogP contribution in [0, 0.1) is 22.7 Å². The molecule has 2 aliphatic carbocycles. The van der Waals surface area contributed by atoms with E-state index in [-0.39, 0.29) is 0 Å². The minimum absolute atomic E-state index is 0.569. The van der Waals surface area contributed by atoms with Crippen LogP contribution in [0.3, 0.4) is 0 Å². The molecule has 0 heterocycles. The molecule has 3 rings (SSSR count). The van der Waals surface area contributed by atoms with Gasteiger partial charge in [0.1, 0.15) is 5.60 Å². The Kier molecular flexibility index (Phi) is 2.91. The predicted octanol–water partition coefficient (Wildman–Crippen LogP) is 3.54. The standard InChI is InChI=1S/C17H21NO/c1-2-13-7-9-16(11-13,12-18)17(19)10-8-14-5-3-4-6-15(14)17/h3-6,13,19H,2,7-11H2,1H3. The van der Waals surface area contributed by atoms with E-state index in [4.69, 9.17) is 0 Å². The highest BCUT2D eigenvalue weighted by molar-refractivity contribution is 5.41. The van der Waals surface area contributed by atoms with Crippen molar-refractivity contribution in [2.45, 2.75) is 51.0 Å². The van der Waals surface area contributed by atoms with Gasteiger partial charge in [0.05, 0.1) is 11.5 Å². The molecule has 3 atom stereocenters. The van der Waals surface area contributed by atoms with Gasteiger partial charge in [-0.25, -0.2) is 0 Å². The minimum atomic E-state index is -0.928. The van der Waals surface area contributed by atoms with Crippen LogP contribution in [0.4, 0.5) is 0 Å². The molecule has 0 radical (unpaired) electrons. The highest BCUT2D eigenvalue weighted by Crippen LogP contribution is 2.58. The molecule has 100 valence electrons. The number of benzene rings is 1. The van der Waals surface area contributed by atoms with Gasteiger partial charge in [0.25, 0.3) is 0 Å². The summed E-state index contributed by atoms with van der Waals surface area (Å²) in [5.74, 6) is 0.594. The molecule has 0 spiro atoms. The summed E-state index contributed by atoms with van der Waals surface area (Å²) in [7, 11) is 0. The van der Waals surface area contributed by atoms with Crippen molar-refractivity contribution in [1.82, 2.24) is 0 Å². The van der Waals surface area contributed by atoms with E-state index in [0.29, 0.717) is 12.3 Å². The van der Waals surface area contributed by atoms with Gasteiger partial charge in [-0.1, -0.05) is 37.6 Å². The summed E-state index contributed by atoms with van der Waals surface area (Å²) in [4.78, 5) is 0. The van der Waals surface area contributed by atoms with Crippen molar-refractivity contribution in [3.63, 3.8) is 0 Å². The molecule has 0 bridgehead atoms. The van der Waals surface area contributed by atoms with Crippen LogP contribution in [0.25, 0.3) is 0 Å². The summed E-state index contributed by atoms with van der Waals surface area (Å²) in [6.07, 6.45) is 5.48. The van der Waals surface area contributed by atoms with Gasteiger partial charge in [-0.3, -0.25) is 0 Å². The van der Waals surface area contributed by atoms with Crippen molar-refractivity contribution in [2.75, 3.05) is 0 Å². The Hall–Kier alpha value is -1.33. The maximum Gasteiger partial charge on any atom is 0.109 e. The topological polar surface area (TPSA) is 44.0 Å². The van der Waals surface area contributed by atoms with Crippen LogP contribution in [0.5, 0.6) is 0 Å². The molecule has 2 aliphatic rings. The Morgan fingerprint density at radius 1 is 1.37 bits per heavy atom. The van der Waals surface area contributed by atoms with Gasteiger partial charge >= 0.3 is 0 Å². The van der Waals surface area contributed by atoms with Crippen molar-refractivity contribution in [3.05, 3.63) is 35.4 Å². The summed E-state index contributed by atoms with van der Waals surface area (Å²) < 4.78 is 0. The molecule has 0 saturated heterocycles. The van der Waals surface area contributed by atoms with Gasteiger partial charge in [0.2, 0.25) is 0 Å². The summed E-state index contributed by atoms with van der Waals surface area (Å²) in [5.41, 5.74) is 0.732. The third-order valence-electron chi connectivity index (χ3n) is 5.42. The number of fused-ring (bicyclic) bond motifs is 1. The van der Waals surface area contributed by atoms with Gasteiger partial charge in [-0.05, 0) is 49.1 Å². The Morgan fingerprint density at radius 3 is 2.84 bits per heavy atom. The number of aryl methyl sites for hydroxylation is 1. The predicted molar refractivity (Wildman–Crippen MR) is 74.3 cm³/mol. The van der Waals surface area contributed by atoms with Gasteiger partial charge in [0, 0.05) is 0 Å². The van der Waals surface area contributed by atoms with E-state index in [1.165, 1.54) is 5.56 Å². The lowest BCUT2D eigenvalue weighted by molar-refractivity contribution is -0.0594. The third-order valence-corrected chi connectivity index (χ3v) is 5.42. The molecule has 0 aromatic heterocycles. The summed E-state index contributed by atoms with van der Waals surface area (Å²) in [5, 5.41) is 21.1. The maximum absolute atomic E-state index is 11.3. The first-order valence-corrected chi connectivity index (χ1v) is 7.37. The molecule has 0 amide bonds. The average Bonchev–Trinajstić information content (AvgIpc) is 3.03. The normalized spacial score (nSPS) is 37.0. The third kappa shape index (κ3) is 1.65. The summed E-state index contributed by atoms with van der Waals surface area (Å²) >= 11 is 0. The van der Waals surface area contributed by atoms with Crippen LogP contribution in [0.1, 0.15) is 50.2 Å². The molecule has 2 heteroatoms. The highest BCUT2D eigenvalue weighted by Gasteiger charge is 2.57. The van der Waals surface area contributed by atoms with E-state index in [0.717, 1.165) is 37.7 Å². The first kappa shape index (κ1) is 12.7. The van der Waals surface area contributed by atoms with E-state index >= 15 is 0 Å². The second-order valence-corrected chi connectivity index (χ2v) is 6.23. The van der Waals surface area contributed by atoms with Gasteiger partial charge in [-0.15, -0.1) is 0 Å². The zero-order valence-electron chi connectivity index (χ0n) is 11.5. The number of rotatable bonds is 2.